The van der Waals surface area contributed by atoms with Crippen LogP contribution in [0.5, 0.6) is 5.75 Å². The lowest BCUT2D eigenvalue weighted by atomic mass is 9.97. The highest BCUT2D eigenvalue weighted by Gasteiger charge is 2.20. The lowest BCUT2D eigenvalue weighted by Gasteiger charge is -2.12. The molecule has 0 heterocycles. The Bertz CT molecular complexity index is 603. The predicted molar refractivity (Wildman–Crippen MR) is 77.6 cm³/mol. The third-order valence-electron chi connectivity index (χ3n) is 2.60. The second-order valence-corrected chi connectivity index (χ2v) is 4.67. The number of benzene rings is 1. The number of phenolic OH excluding ortho intramolecular Hbond substituents is 1. The third kappa shape index (κ3) is 3.44. The molecule has 1 aromatic rings. The van der Waals surface area contributed by atoms with Crippen molar-refractivity contribution in [2.24, 2.45) is 0 Å². The van der Waals surface area contributed by atoms with Gasteiger partial charge in [-0.3, -0.25) is 0 Å². The first-order valence-electron chi connectivity index (χ1n) is 5.94. The number of aromatic hydroxyl groups is 1. The molecule has 0 fully saturated rings. The number of carbonyl (C=O) groups is 1. The van der Waals surface area contributed by atoms with Crippen molar-refractivity contribution in [3.63, 3.8) is 0 Å². The summed E-state index contributed by atoms with van der Waals surface area (Å²) in [6.07, 6.45) is 0.339. The molecular weight excluding hydrogens is 301 g/mol. The average Bonchev–Trinajstić information content (AvgIpc) is 2.40. The van der Waals surface area contributed by atoms with E-state index in [2.05, 4.69) is 0 Å². The van der Waals surface area contributed by atoms with E-state index in [-0.39, 0.29) is 28.5 Å². The number of nitrogens with zero attached hydrogens (tertiary/aromatic N) is 1. The Balaban J connectivity index is 3.53. The normalized spacial score (nSPS) is 11.6. The smallest absolute Gasteiger partial charge is 0.349 e. The van der Waals surface area contributed by atoms with Gasteiger partial charge in [-0.25, -0.2) is 4.79 Å². The highest BCUT2D eigenvalue weighted by atomic mass is 35.5. The highest BCUT2D eigenvalue weighted by molar-refractivity contribution is 6.36. The topological polar surface area (TPSA) is 70.3 Å². The molecule has 0 saturated heterocycles. The van der Waals surface area contributed by atoms with Gasteiger partial charge in [-0.1, -0.05) is 30.1 Å². The van der Waals surface area contributed by atoms with Gasteiger partial charge in [0.1, 0.15) is 17.4 Å². The number of hydrogen-bond acceptors (Lipinski definition) is 4. The summed E-state index contributed by atoms with van der Waals surface area (Å²) in [6, 6.07) is 4.65. The Hall–Kier alpha value is -1.70. The Morgan fingerprint density at radius 2 is 2.05 bits per heavy atom. The molecule has 6 heteroatoms. The van der Waals surface area contributed by atoms with E-state index in [9.17, 15) is 9.90 Å². The van der Waals surface area contributed by atoms with Crippen LogP contribution in [-0.4, -0.2) is 17.7 Å². The summed E-state index contributed by atoms with van der Waals surface area (Å²) in [6.45, 7) is 3.55. The van der Waals surface area contributed by atoms with Gasteiger partial charge in [0.15, 0.2) is 0 Å². The zero-order valence-electron chi connectivity index (χ0n) is 11.0. The van der Waals surface area contributed by atoms with Crippen LogP contribution < -0.4 is 0 Å². The number of carbonyl (C=O) groups excluding carboxylic acids is 1. The van der Waals surface area contributed by atoms with Crippen LogP contribution in [0.25, 0.3) is 5.57 Å². The van der Waals surface area contributed by atoms with Crippen LogP contribution in [0.15, 0.2) is 17.7 Å². The zero-order chi connectivity index (χ0) is 15.3. The molecule has 0 aromatic heterocycles. The molecule has 20 heavy (non-hydrogen) atoms. The number of nitriles is 1. The maximum atomic E-state index is 11.8. The van der Waals surface area contributed by atoms with Gasteiger partial charge in [0.2, 0.25) is 0 Å². The van der Waals surface area contributed by atoms with Crippen molar-refractivity contribution in [2.45, 2.75) is 20.3 Å². The predicted octanol–water partition coefficient (Wildman–Crippen LogP) is 3.95. The van der Waals surface area contributed by atoms with E-state index in [1.165, 1.54) is 12.1 Å². The minimum Gasteiger partial charge on any atom is -0.506 e. The van der Waals surface area contributed by atoms with Gasteiger partial charge in [0, 0.05) is 10.6 Å². The number of rotatable bonds is 4. The van der Waals surface area contributed by atoms with Crippen LogP contribution in [0, 0.1) is 11.3 Å². The third-order valence-corrected chi connectivity index (χ3v) is 3.11. The number of hydrogen-bond donors (Lipinski definition) is 1. The molecule has 106 valence electrons. The summed E-state index contributed by atoms with van der Waals surface area (Å²) in [4.78, 5) is 11.8. The molecule has 1 N–H and O–H groups in total. The Kier molecular flexibility index (Phi) is 5.87. The lowest BCUT2D eigenvalue weighted by Crippen LogP contribution is -2.08. The van der Waals surface area contributed by atoms with Crippen LogP contribution in [0.4, 0.5) is 0 Å². The first kappa shape index (κ1) is 16.4. The standard InChI is InChI=1S/C14H13Cl2NO3/c1-3-9(11(7-17)14(19)20-4-2)10-5-8(15)6-12(16)13(10)18/h5-6,18H,3-4H2,1-2H3/b11-9-. The number of halogens is 2. The van der Waals surface area contributed by atoms with Crippen molar-refractivity contribution in [1.82, 2.24) is 0 Å². The fourth-order valence-electron chi connectivity index (χ4n) is 1.74. The first-order chi connectivity index (χ1) is 9.46. The molecule has 0 amide bonds. The first-order valence-corrected chi connectivity index (χ1v) is 6.70. The Morgan fingerprint density at radius 1 is 1.40 bits per heavy atom. The average molecular weight is 314 g/mol. The van der Waals surface area contributed by atoms with Gasteiger partial charge >= 0.3 is 5.97 Å². The summed E-state index contributed by atoms with van der Waals surface area (Å²) >= 11 is 11.7. The van der Waals surface area contributed by atoms with Crippen molar-refractivity contribution < 1.29 is 14.6 Å². The zero-order valence-corrected chi connectivity index (χ0v) is 12.5. The molecule has 1 rings (SSSR count). The minimum atomic E-state index is -0.734. The molecule has 0 aliphatic heterocycles. The molecule has 0 spiro atoms. The van der Waals surface area contributed by atoms with Crippen molar-refractivity contribution in [3.05, 3.63) is 33.3 Å². The van der Waals surface area contributed by atoms with Crippen LogP contribution >= 0.6 is 23.2 Å². The molecule has 0 unspecified atom stereocenters. The summed E-state index contributed by atoms with van der Waals surface area (Å²) in [5, 5.41) is 19.5. The maximum Gasteiger partial charge on any atom is 0.349 e. The van der Waals surface area contributed by atoms with Gasteiger partial charge in [0.25, 0.3) is 0 Å². The molecule has 0 atom stereocenters. The SMILES string of the molecule is CCOC(=O)/C(C#N)=C(/CC)c1cc(Cl)cc(Cl)c1O. The number of esters is 1. The second-order valence-electron chi connectivity index (χ2n) is 3.82. The van der Waals surface area contributed by atoms with Crippen LogP contribution in [-0.2, 0) is 9.53 Å². The van der Waals surface area contributed by atoms with Gasteiger partial charge in [0.05, 0.1) is 11.6 Å². The molecule has 0 bridgehead atoms. The summed E-state index contributed by atoms with van der Waals surface area (Å²) < 4.78 is 4.83. The van der Waals surface area contributed by atoms with Gasteiger partial charge in [-0.15, -0.1) is 0 Å². The van der Waals surface area contributed by atoms with E-state index in [4.69, 9.17) is 33.2 Å². The van der Waals surface area contributed by atoms with Crippen LogP contribution in [0.2, 0.25) is 10.0 Å². The van der Waals surface area contributed by atoms with Crippen molar-refractivity contribution in [2.75, 3.05) is 6.61 Å². The summed E-state index contributed by atoms with van der Waals surface area (Å²) in [5.74, 6) is -0.952. The van der Waals surface area contributed by atoms with Crippen LogP contribution in [0.3, 0.4) is 0 Å². The highest BCUT2D eigenvalue weighted by Crippen LogP contribution is 2.37. The fourth-order valence-corrected chi connectivity index (χ4v) is 2.23. The molecule has 0 aliphatic carbocycles. The largest absolute Gasteiger partial charge is 0.506 e. The van der Waals surface area contributed by atoms with Crippen LogP contribution in [0.1, 0.15) is 25.8 Å². The van der Waals surface area contributed by atoms with Gasteiger partial charge in [-0.2, -0.15) is 5.26 Å². The summed E-state index contributed by atoms with van der Waals surface area (Å²) in [7, 11) is 0. The van der Waals surface area contributed by atoms with Crippen molar-refractivity contribution >= 4 is 34.7 Å². The van der Waals surface area contributed by atoms with Crippen molar-refractivity contribution in [1.29, 1.82) is 5.26 Å². The van der Waals surface area contributed by atoms with Gasteiger partial charge < -0.3 is 9.84 Å². The van der Waals surface area contributed by atoms with Crippen molar-refractivity contribution in [3.8, 4) is 11.8 Å². The molecule has 1 aromatic carbocycles. The second kappa shape index (κ2) is 7.18. The quantitative estimate of drug-likeness (QED) is 0.519. The molecule has 0 radical (unpaired) electrons. The van der Waals surface area contributed by atoms with E-state index in [0.717, 1.165) is 0 Å². The molecular formula is C14H13Cl2NO3. The van der Waals surface area contributed by atoms with E-state index >= 15 is 0 Å². The molecule has 0 saturated carbocycles. The molecule has 0 aliphatic rings. The number of phenols is 1. The van der Waals surface area contributed by atoms with E-state index in [1.807, 2.05) is 6.07 Å². The fraction of sp³-hybridized carbons (Fsp3) is 0.286. The Morgan fingerprint density at radius 3 is 2.55 bits per heavy atom. The van der Waals surface area contributed by atoms with Gasteiger partial charge in [-0.05, 0) is 31.1 Å². The number of ether oxygens (including phenoxy) is 1. The Labute approximate surface area is 127 Å². The number of allylic oxidation sites excluding steroid dienone is 1. The van der Waals surface area contributed by atoms with E-state index in [1.54, 1.807) is 13.8 Å². The summed E-state index contributed by atoms with van der Waals surface area (Å²) in [5.41, 5.74) is 0.436. The lowest BCUT2D eigenvalue weighted by molar-refractivity contribution is -0.137. The maximum absolute atomic E-state index is 11.8. The van der Waals surface area contributed by atoms with E-state index in [0.29, 0.717) is 17.0 Å². The monoisotopic (exact) mass is 313 g/mol. The van der Waals surface area contributed by atoms with E-state index < -0.39 is 5.97 Å². The molecule has 4 nitrogen and oxygen atoms in total. The minimum absolute atomic E-state index is 0.0552.